The minimum absolute atomic E-state index is 0.00321. The molecule has 1 aromatic heterocycles. The fraction of sp³-hybridized carbons (Fsp3) is 0.200. The van der Waals surface area contributed by atoms with Gasteiger partial charge in [0.15, 0.2) is 0 Å². The number of pyridine rings is 1. The number of hydrogen-bond acceptors (Lipinski definition) is 3. The first-order valence-corrected chi connectivity index (χ1v) is 4.66. The lowest BCUT2D eigenvalue weighted by Crippen LogP contribution is -2.05. The highest BCUT2D eigenvalue weighted by molar-refractivity contribution is 6.29. The van der Waals surface area contributed by atoms with Crippen LogP contribution in [0.2, 0.25) is 5.15 Å². The van der Waals surface area contributed by atoms with Crippen LogP contribution in [0.3, 0.4) is 0 Å². The molecule has 0 spiro atoms. The van der Waals surface area contributed by atoms with Gasteiger partial charge in [0.1, 0.15) is 10.7 Å². The summed E-state index contributed by atoms with van der Waals surface area (Å²) in [5.41, 5.74) is 0.00321. The smallest absolute Gasteiger partial charge is 0.341 e. The lowest BCUT2D eigenvalue weighted by molar-refractivity contribution is 0.0691. The number of carboxylic acids is 1. The Morgan fingerprint density at radius 3 is 3.00 bits per heavy atom. The van der Waals surface area contributed by atoms with E-state index in [2.05, 4.69) is 11.6 Å². The van der Waals surface area contributed by atoms with Gasteiger partial charge in [-0.15, -0.1) is 6.58 Å². The van der Waals surface area contributed by atoms with Gasteiger partial charge < -0.3 is 9.84 Å². The van der Waals surface area contributed by atoms with E-state index >= 15 is 0 Å². The van der Waals surface area contributed by atoms with Gasteiger partial charge in [0.25, 0.3) is 0 Å². The molecule has 0 aliphatic carbocycles. The average molecular weight is 228 g/mol. The van der Waals surface area contributed by atoms with Crippen molar-refractivity contribution in [3.63, 3.8) is 0 Å². The topological polar surface area (TPSA) is 59.4 Å². The first kappa shape index (κ1) is 11.5. The third-order valence-electron chi connectivity index (χ3n) is 1.62. The van der Waals surface area contributed by atoms with E-state index in [1.54, 1.807) is 6.08 Å². The Hall–Kier alpha value is -1.55. The number of aromatic nitrogens is 1. The van der Waals surface area contributed by atoms with Crippen LogP contribution in [-0.4, -0.2) is 22.7 Å². The first-order chi connectivity index (χ1) is 7.15. The highest BCUT2D eigenvalue weighted by Crippen LogP contribution is 2.18. The third kappa shape index (κ3) is 3.25. The molecule has 0 atom stereocenters. The van der Waals surface area contributed by atoms with Gasteiger partial charge in [0.2, 0.25) is 5.88 Å². The van der Waals surface area contributed by atoms with Crippen molar-refractivity contribution in [2.75, 3.05) is 6.61 Å². The van der Waals surface area contributed by atoms with Crippen LogP contribution in [0.4, 0.5) is 0 Å². The van der Waals surface area contributed by atoms with Gasteiger partial charge in [-0.25, -0.2) is 9.78 Å². The molecule has 0 radical (unpaired) electrons. The van der Waals surface area contributed by atoms with Gasteiger partial charge in [-0.3, -0.25) is 0 Å². The van der Waals surface area contributed by atoms with E-state index in [0.29, 0.717) is 13.0 Å². The number of rotatable bonds is 5. The van der Waals surface area contributed by atoms with Gasteiger partial charge in [0.05, 0.1) is 6.61 Å². The van der Waals surface area contributed by atoms with E-state index in [9.17, 15) is 4.79 Å². The highest BCUT2D eigenvalue weighted by Gasteiger charge is 2.12. The molecule has 0 fully saturated rings. The molecule has 0 saturated heterocycles. The number of halogens is 1. The molecule has 1 rings (SSSR count). The average Bonchev–Trinajstić information content (AvgIpc) is 2.18. The second kappa shape index (κ2) is 5.36. The summed E-state index contributed by atoms with van der Waals surface area (Å²) in [4.78, 5) is 14.6. The van der Waals surface area contributed by atoms with Gasteiger partial charge in [0, 0.05) is 0 Å². The molecular formula is C10H10ClNO3. The molecule has 0 unspecified atom stereocenters. The largest absolute Gasteiger partial charge is 0.477 e. The number of carbonyl (C=O) groups is 1. The lowest BCUT2D eigenvalue weighted by Gasteiger charge is -2.06. The van der Waals surface area contributed by atoms with Crippen molar-refractivity contribution in [1.82, 2.24) is 4.98 Å². The van der Waals surface area contributed by atoms with Crippen molar-refractivity contribution in [3.05, 3.63) is 35.5 Å². The van der Waals surface area contributed by atoms with Crippen LogP contribution >= 0.6 is 11.6 Å². The molecule has 1 heterocycles. The predicted octanol–water partition coefficient (Wildman–Crippen LogP) is 2.39. The Kier molecular flexibility index (Phi) is 4.12. The van der Waals surface area contributed by atoms with Crippen molar-refractivity contribution in [2.45, 2.75) is 6.42 Å². The molecule has 1 N–H and O–H groups in total. The molecule has 0 aliphatic heterocycles. The molecule has 0 amide bonds. The van der Waals surface area contributed by atoms with Gasteiger partial charge >= 0.3 is 5.97 Å². The quantitative estimate of drug-likeness (QED) is 0.477. The normalized spacial score (nSPS) is 9.67. The summed E-state index contributed by atoms with van der Waals surface area (Å²) in [6.45, 7) is 3.85. The Morgan fingerprint density at radius 2 is 2.40 bits per heavy atom. The Balaban J connectivity index is 2.86. The first-order valence-electron chi connectivity index (χ1n) is 4.28. The number of nitrogens with zero attached hydrogens (tertiary/aromatic N) is 1. The van der Waals surface area contributed by atoms with E-state index in [4.69, 9.17) is 21.4 Å². The fourth-order valence-electron chi connectivity index (χ4n) is 0.930. The Labute approximate surface area is 92.2 Å². The Morgan fingerprint density at radius 1 is 1.67 bits per heavy atom. The molecule has 15 heavy (non-hydrogen) atoms. The van der Waals surface area contributed by atoms with E-state index in [1.165, 1.54) is 12.1 Å². The maximum Gasteiger partial charge on any atom is 0.341 e. The molecule has 5 heteroatoms. The van der Waals surface area contributed by atoms with E-state index in [0.717, 1.165) is 0 Å². The van der Waals surface area contributed by atoms with Crippen molar-refractivity contribution in [3.8, 4) is 5.88 Å². The number of carboxylic acid groups (broad SMARTS) is 1. The monoisotopic (exact) mass is 227 g/mol. The maximum absolute atomic E-state index is 10.8. The van der Waals surface area contributed by atoms with E-state index < -0.39 is 5.97 Å². The molecule has 80 valence electrons. The summed E-state index contributed by atoms with van der Waals surface area (Å²) in [5.74, 6) is -1.05. The lowest BCUT2D eigenvalue weighted by atomic mass is 10.3. The summed E-state index contributed by atoms with van der Waals surface area (Å²) in [6, 6.07) is 2.77. The summed E-state index contributed by atoms with van der Waals surface area (Å²) >= 11 is 5.63. The summed E-state index contributed by atoms with van der Waals surface area (Å²) in [7, 11) is 0. The zero-order valence-electron chi connectivity index (χ0n) is 7.94. The molecule has 0 saturated carbocycles. The van der Waals surface area contributed by atoms with Crippen LogP contribution in [0, 0.1) is 0 Å². The predicted molar refractivity (Wildman–Crippen MR) is 56.5 cm³/mol. The summed E-state index contributed by atoms with van der Waals surface area (Å²) < 4.78 is 5.17. The van der Waals surface area contributed by atoms with E-state index in [-0.39, 0.29) is 16.6 Å². The van der Waals surface area contributed by atoms with Crippen LogP contribution in [0.5, 0.6) is 5.88 Å². The molecule has 1 aromatic rings. The summed E-state index contributed by atoms with van der Waals surface area (Å²) in [5, 5.41) is 9.03. The number of hydrogen-bond donors (Lipinski definition) is 1. The van der Waals surface area contributed by atoms with Crippen LogP contribution in [0.1, 0.15) is 16.8 Å². The SMILES string of the molecule is C=CCCOc1nc(Cl)ccc1C(=O)O. The van der Waals surface area contributed by atoms with Crippen LogP contribution in [0.25, 0.3) is 0 Å². The zero-order chi connectivity index (χ0) is 11.3. The van der Waals surface area contributed by atoms with Crippen LogP contribution < -0.4 is 4.74 Å². The molecular weight excluding hydrogens is 218 g/mol. The van der Waals surface area contributed by atoms with Gasteiger partial charge in [-0.2, -0.15) is 0 Å². The van der Waals surface area contributed by atoms with E-state index in [1.807, 2.05) is 0 Å². The van der Waals surface area contributed by atoms with Gasteiger partial charge in [-0.1, -0.05) is 17.7 Å². The number of aromatic carboxylic acids is 1. The molecule has 0 aliphatic rings. The Bertz CT molecular complexity index is 379. The summed E-state index contributed by atoms with van der Waals surface area (Å²) in [6.07, 6.45) is 2.29. The molecule has 4 nitrogen and oxygen atoms in total. The highest BCUT2D eigenvalue weighted by atomic mass is 35.5. The van der Waals surface area contributed by atoms with Crippen molar-refractivity contribution in [2.24, 2.45) is 0 Å². The van der Waals surface area contributed by atoms with Gasteiger partial charge in [-0.05, 0) is 18.6 Å². The van der Waals surface area contributed by atoms with Crippen molar-refractivity contribution >= 4 is 17.6 Å². The molecule has 0 aromatic carbocycles. The molecule has 0 bridgehead atoms. The van der Waals surface area contributed by atoms with Crippen molar-refractivity contribution in [1.29, 1.82) is 0 Å². The third-order valence-corrected chi connectivity index (χ3v) is 1.83. The number of ether oxygens (including phenoxy) is 1. The maximum atomic E-state index is 10.8. The second-order valence-corrected chi connectivity index (χ2v) is 3.10. The zero-order valence-corrected chi connectivity index (χ0v) is 8.70. The minimum Gasteiger partial charge on any atom is -0.477 e. The minimum atomic E-state index is -1.09. The van der Waals surface area contributed by atoms with Crippen LogP contribution in [0.15, 0.2) is 24.8 Å². The second-order valence-electron chi connectivity index (χ2n) is 2.72. The standard InChI is InChI=1S/C10H10ClNO3/c1-2-3-6-15-9-7(10(13)14)4-5-8(11)12-9/h2,4-5H,1,3,6H2,(H,13,14). The van der Waals surface area contributed by atoms with Crippen LogP contribution in [-0.2, 0) is 0 Å². The fourth-order valence-corrected chi connectivity index (χ4v) is 1.07. The van der Waals surface area contributed by atoms with Crippen molar-refractivity contribution < 1.29 is 14.6 Å².